The zero-order chi connectivity index (χ0) is 14.4. The second-order valence-corrected chi connectivity index (χ2v) is 6.18. The molecule has 0 amide bonds. The minimum atomic E-state index is 0.577. The van der Waals surface area contributed by atoms with E-state index in [-0.39, 0.29) is 0 Å². The van der Waals surface area contributed by atoms with Gasteiger partial charge in [-0.25, -0.2) is 0 Å². The maximum atomic E-state index is 6.11. The van der Waals surface area contributed by atoms with Crippen LogP contribution in [0.2, 0.25) is 0 Å². The third-order valence-corrected chi connectivity index (χ3v) is 3.41. The van der Waals surface area contributed by atoms with Crippen molar-refractivity contribution in [3.05, 3.63) is 29.3 Å². The van der Waals surface area contributed by atoms with E-state index in [1.54, 1.807) is 0 Å². The Morgan fingerprint density at radius 2 is 1.84 bits per heavy atom. The van der Waals surface area contributed by atoms with E-state index in [0.29, 0.717) is 11.8 Å². The molecule has 0 unspecified atom stereocenters. The fraction of sp³-hybridized carbons (Fsp3) is 0.625. The lowest BCUT2D eigenvalue weighted by atomic mass is 10.1. The minimum absolute atomic E-state index is 0.577. The van der Waals surface area contributed by atoms with E-state index in [2.05, 4.69) is 62.9 Å². The van der Waals surface area contributed by atoms with Gasteiger partial charge in [0, 0.05) is 31.2 Å². The highest BCUT2D eigenvalue weighted by atomic mass is 35.5. The van der Waals surface area contributed by atoms with Crippen molar-refractivity contribution in [3.63, 3.8) is 0 Å². The van der Waals surface area contributed by atoms with Crippen LogP contribution in [0, 0.1) is 12.8 Å². The molecule has 1 rings (SSSR count). The van der Waals surface area contributed by atoms with Crippen molar-refractivity contribution in [1.29, 1.82) is 0 Å². The molecule has 0 saturated carbocycles. The molecule has 0 aliphatic heterocycles. The van der Waals surface area contributed by atoms with Gasteiger partial charge in [-0.3, -0.25) is 0 Å². The van der Waals surface area contributed by atoms with E-state index >= 15 is 0 Å². The van der Waals surface area contributed by atoms with Gasteiger partial charge in [0.1, 0.15) is 0 Å². The number of nitrogens with zero attached hydrogens (tertiary/aromatic N) is 2. The summed E-state index contributed by atoms with van der Waals surface area (Å²) in [6, 6.07) is 6.59. The molecule has 0 N–H and O–H groups in total. The molecule has 0 heterocycles. The van der Waals surface area contributed by atoms with Crippen molar-refractivity contribution in [2.45, 2.75) is 26.7 Å². The molecular formula is C16H27ClN2. The van der Waals surface area contributed by atoms with Gasteiger partial charge >= 0.3 is 0 Å². The van der Waals surface area contributed by atoms with Gasteiger partial charge in [0.15, 0.2) is 0 Å². The highest BCUT2D eigenvalue weighted by Crippen LogP contribution is 2.24. The molecule has 1 aromatic carbocycles. The summed E-state index contributed by atoms with van der Waals surface area (Å²) >= 11 is 6.11. The topological polar surface area (TPSA) is 6.48 Å². The molecule has 0 bridgehead atoms. The first kappa shape index (κ1) is 16.3. The molecule has 0 atom stereocenters. The number of alkyl halides is 1. The Labute approximate surface area is 123 Å². The van der Waals surface area contributed by atoms with Crippen molar-refractivity contribution in [3.8, 4) is 0 Å². The number of benzene rings is 1. The Morgan fingerprint density at radius 3 is 2.37 bits per heavy atom. The largest absolute Gasteiger partial charge is 0.370 e. The van der Waals surface area contributed by atoms with Crippen molar-refractivity contribution < 1.29 is 0 Å². The predicted octanol–water partition coefficient (Wildman–Crippen LogP) is 3.76. The molecular weight excluding hydrogens is 256 g/mol. The Balaban J connectivity index is 2.95. The molecule has 0 saturated heterocycles. The zero-order valence-corrected chi connectivity index (χ0v) is 13.7. The van der Waals surface area contributed by atoms with Crippen LogP contribution >= 0.6 is 11.6 Å². The normalized spacial score (nSPS) is 11.4. The van der Waals surface area contributed by atoms with E-state index in [0.717, 1.165) is 19.6 Å². The molecule has 0 aromatic heterocycles. The number of likely N-dealkylation sites (N-methyl/N-ethyl adjacent to an activating group) is 1. The Morgan fingerprint density at radius 1 is 1.16 bits per heavy atom. The summed E-state index contributed by atoms with van der Waals surface area (Å²) in [5, 5.41) is 0. The third-order valence-electron chi connectivity index (χ3n) is 3.12. The fourth-order valence-corrected chi connectivity index (χ4v) is 2.42. The van der Waals surface area contributed by atoms with E-state index in [4.69, 9.17) is 11.6 Å². The average molecular weight is 283 g/mol. The monoisotopic (exact) mass is 282 g/mol. The lowest BCUT2D eigenvalue weighted by Gasteiger charge is -2.30. The van der Waals surface area contributed by atoms with Gasteiger partial charge in [-0.1, -0.05) is 31.5 Å². The van der Waals surface area contributed by atoms with Crippen LogP contribution in [-0.4, -0.2) is 38.6 Å². The summed E-state index contributed by atoms with van der Waals surface area (Å²) in [6.45, 7) is 9.81. The lowest BCUT2D eigenvalue weighted by Crippen LogP contribution is -2.35. The highest BCUT2D eigenvalue weighted by Gasteiger charge is 2.12. The van der Waals surface area contributed by atoms with Crippen molar-refractivity contribution in [1.82, 2.24) is 4.90 Å². The molecule has 2 nitrogen and oxygen atoms in total. The van der Waals surface area contributed by atoms with E-state index < -0.39 is 0 Å². The van der Waals surface area contributed by atoms with Crippen LogP contribution in [0.25, 0.3) is 0 Å². The fourth-order valence-electron chi connectivity index (χ4n) is 2.20. The van der Waals surface area contributed by atoms with Crippen LogP contribution in [-0.2, 0) is 5.88 Å². The first-order valence-corrected chi connectivity index (χ1v) is 7.52. The van der Waals surface area contributed by atoms with Crippen LogP contribution in [0.15, 0.2) is 18.2 Å². The van der Waals surface area contributed by atoms with Crippen molar-refractivity contribution >= 4 is 17.3 Å². The minimum Gasteiger partial charge on any atom is -0.370 e. The van der Waals surface area contributed by atoms with Crippen LogP contribution < -0.4 is 4.90 Å². The molecule has 0 aliphatic rings. The maximum Gasteiger partial charge on any atom is 0.0494 e. The first-order valence-electron chi connectivity index (χ1n) is 6.99. The number of aryl methyl sites for hydroxylation is 1. The number of rotatable bonds is 7. The second kappa shape index (κ2) is 7.76. The first-order chi connectivity index (χ1) is 8.93. The van der Waals surface area contributed by atoms with E-state index in [1.165, 1.54) is 16.8 Å². The third kappa shape index (κ3) is 5.42. The van der Waals surface area contributed by atoms with Crippen LogP contribution in [0.3, 0.4) is 0 Å². The molecule has 0 aliphatic carbocycles. The standard InChI is InChI=1S/C16H27ClN2/c1-13(2)12-19(9-8-18(4)5)16-7-6-14(3)10-15(16)11-17/h6-7,10,13H,8-9,11-12H2,1-5H3. The lowest BCUT2D eigenvalue weighted by molar-refractivity contribution is 0.409. The quantitative estimate of drug-likeness (QED) is 0.703. The molecule has 108 valence electrons. The van der Waals surface area contributed by atoms with Gasteiger partial charge in [0.25, 0.3) is 0 Å². The maximum absolute atomic E-state index is 6.11. The Kier molecular flexibility index (Phi) is 6.67. The van der Waals surface area contributed by atoms with Gasteiger partial charge < -0.3 is 9.80 Å². The zero-order valence-electron chi connectivity index (χ0n) is 12.9. The second-order valence-electron chi connectivity index (χ2n) is 5.91. The molecule has 0 radical (unpaired) electrons. The molecule has 3 heteroatoms. The molecule has 0 fully saturated rings. The number of hydrogen-bond acceptors (Lipinski definition) is 2. The SMILES string of the molecule is Cc1ccc(N(CCN(C)C)CC(C)C)c(CCl)c1. The van der Waals surface area contributed by atoms with Gasteiger partial charge in [0.2, 0.25) is 0 Å². The van der Waals surface area contributed by atoms with Crippen LogP contribution in [0.4, 0.5) is 5.69 Å². The van der Waals surface area contributed by atoms with Crippen LogP contribution in [0.1, 0.15) is 25.0 Å². The van der Waals surface area contributed by atoms with Crippen LogP contribution in [0.5, 0.6) is 0 Å². The number of halogens is 1. The summed E-state index contributed by atoms with van der Waals surface area (Å²) in [7, 11) is 4.23. The highest BCUT2D eigenvalue weighted by molar-refractivity contribution is 6.17. The average Bonchev–Trinajstić information content (AvgIpc) is 2.33. The molecule has 0 spiro atoms. The van der Waals surface area contributed by atoms with Gasteiger partial charge in [-0.05, 0) is 38.6 Å². The van der Waals surface area contributed by atoms with Gasteiger partial charge in [0.05, 0.1) is 0 Å². The summed E-state index contributed by atoms with van der Waals surface area (Å²) in [5.74, 6) is 1.22. The summed E-state index contributed by atoms with van der Waals surface area (Å²) in [4.78, 5) is 4.68. The summed E-state index contributed by atoms with van der Waals surface area (Å²) in [6.07, 6.45) is 0. The van der Waals surface area contributed by atoms with E-state index in [1.807, 2.05) is 0 Å². The van der Waals surface area contributed by atoms with Gasteiger partial charge in [-0.15, -0.1) is 11.6 Å². The molecule has 19 heavy (non-hydrogen) atoms. The number of anilines is 1. The Bertz CT molecular complexity index is 388. The molecule has 1 aromatic rings. The predicted molar refractivity (Wildman–Crippen MR) is 86.3 cm³/mol. The van der Waals surface area contributed by atoms with Crippen molar-refractivity contribution in [2.24, 2.45) is 5.92 Å². The summed E-state index contributed by atoms with van der Waals surface area (Å²) in [5.41, 5.74) is 3.80. The van der Waals surface area contributed by atoms with Gasteiger partial charge in [-0.2, -0.15) is 0 Å². The summed E-state index contributed by atoms with van der Waals surface area (Å²) < 4.78 is 0. The Hall–Kier alpha value is -0.730. The number of hydrogen-bond donors (Lipinski definition) is 0. The van der Waals surface area contributed by atoms with E-state index in [9.17, 15) is 0 Å². The smallest absolute Gasteiger partial charge is 0.0494 e. The van der Waals surface area contributed by atoms with Crippen molar-refractivity contribution in [2.75, 3.05) is 38.6 Å².